The maximum absolute atomic E-state index is 14.0. The number of nitrogens with one attached hydrogen (secondary N) is 4. The van der Waals surface area contributed by atoms with E-state index in [0.29, 0.717) is 34.7 Å². The fourth-order valence-electron chi connectivity index (χ4n) is 11.4. The molecule has 4 N–H and O–H groups in total. The molecule has 0 bridgehead atoms. The van der Waals surface area contributed by atoms with Crippen molar-refractivity contribution in [2.75, 3.05) is 23.7 Å². The number of anilines is 2. The second kappa shape index (κ2) is 19.5. The van der Waals surface area contributed by atoms with Crippen LogP contribution in [0.4, 0.5) is 20.7 Å². The molecule has 6 aromatic heterocycles. The fraction of sp³-hybridized carbons (Fsp3) is 0.379. The molecular formula is C58H60F2N14. The molecule has 0 amide bonds. The molecule has 0 spiro atoms. The predicted molar refractivity (Wildman–Crippen MR) is 283 cm³/mol. The van der Waals surface area contributed by atoms with E-state index in [1.165, 1.54) is 83.6 Å². The van der Waals surface area contributed by atoms with Gasteiger partial charge in [-0.3, -0.25) is 9.97 Å². The van der Waals surface area contributed by atoms with Crippen LogP contribution >= 0.6 is 0 Å². The maximum Gasteiger partial charge on any atom is 0.228 e. The zero-order valence-corrected chi connectivity index (χ0v) is 41.8. The Hall–Kier alpha value is -7.30. The quantitative estimate of drug-likeness (QED) is 0.0818. The highest BCUT2D eigenvalue weighted by atomic mass is 19.1. The molecule has 0 radical (unpaired) electrons. The van der Waals surface area contributed by atoms with Gasteiger partial charge in [-0.2, -0.15) is 29.2 Å². The molecule has 2 aromatic carbocycles. The highest BCUT2D eigenvalue weighted by molar-refractivity contribution is 5.79. The van der Waals surface area contributed by atoms with Gasteiger partial charge in [-0.25, -0.2) is 18.7 Å². The number of hydrogen-bond acceptors (Lipinski definition) is 12. The van der Waals surface area contributed by atoms with Gasteiger partial charge in [-0.1, -0.05) is 59.7 Å². The zero-order chi connectivity index (χ0) is 49.9. The summed E-state index contributed by atoms with van der Waals surface area (Å²) in [5, 5.41) is 24.0. The van der Waals surface area contributed by atoms with E-state index in [1.54, 1.807) is 32.6 Å². The number of allylic oxidation sites excluding steroid dienone is 2. The van der Waals surface area contributed by atoms with Gasteiger partial charge in [-0.05, 0) is 161 Å². The third-order valence-corrected chi connectivity index (χ3v) is 16.0. The molecule has 0 unspecified atom stereocenters. The topological polar surface area (TPSA) is 160 Å². The van der Waals surface area contributed by atoms with E-state index >= 15 is 0 Å². The van der Waals surface area contributed by atoms with Crippen LogP contribution in [0.5, 0.6) is 0 Å². The van der Waals surface area contributed by atoms with Crippen LogP contribution < -0.4 is 21.3 Å². The first-order valence-corrected chi connectivity index (χ1v) is 26.6. The van der Waals surface area contributed by atoms with Crippen molar-refractivity contribution in [2.45, 2.75) is 115 Å². The van der Waals surface area contributed by atoms with E-state index in [4.69, 9.17) is 30.1 Å². The summed E-state index contributed by atoms with van der Waals surface area (Å²) >= 11 is 0. The number of nitrogens with zero attached hydrogens (tertiary/aromatic N) is 10. The van der Waals surface area contributed by atoms with Crippen LogP contribution in [0, 0.1) is 23.5 Å². The molecule has 6 aliphatic rings. The maximum atomic E-state index is 14.0. The lowest BCUT2D eigenvalue weighted by Gasteiger charge is -2.26. The number of rotatable bonds is 14. The minimum atomic E-state index is -0.407. The molecule has 2 saturated carbocycles. The second-order valence-corrected chi connectivity index (χ2v) is 21.3. The molecule has 0 saturated heterocycles. The van der Waals surface area contributed by atoms with Gasteiger partial charge in [0.15, 0.2) is 22.9 Å². The summed E-state index contributed by atoms with van der Waals surface area (Å²) in [7, 11) is 0. The van der Waals surface area contributed by atoms with Crippen LogP contribution in [-0.2, 0) is 12.8 Å². The van der Waals surface area contributed by atoms with Crippen molar-refractivity contribution in [2.24, 2.45) is 11.8 Å². The van der Waals surface area contributed by atoms with E-state index < -0.39 is 11.6 Å². The van der Waals surface area contributed by atoms with Crippen molar-refractivity contribution >= 4 is 34.3 Å². The molecule has 4 atom stereocenters. The van der Waals surface area contributed by atoms with Crippen molar-refractivity contribution in [3.8, 4) is 22.8 Å². The average molecular weight is 991 g/mol. The molecule has 6 aliphatic carbocycles. The van der Waals surface area contributed by atoms with Gasteiger partial charge in [0.05, 0.1) is 24.8 Å². The SMILES string of the molecule is C[C@@H](NCC1CC1)c1cnn2c(N[C@@H]3CCC4=C(C3)c3ccccc3C4)nc(-c3cncc(F)c3)nc12.C[C@H](NCC1CC1)c1cnn2c(N[C@@H]3CCC4=C(C3)c3ccccc3C4)nc(-c3cncc(F)c3)nc12. The Labute approximate surface area is 428 Å². The number of aromatic nitrogens is 10. The molecule has 8 aromatic rings. The van der Waals surface area contributed by atoms with E-state index in [2.05, 4.69) is 93.6 Å². The van der Waals surface area contributed by atoms with Gasteiger partial charge in [-0.15, -0.1) is 0 Å². The third kappa shape index (κ3) is 9.45. The van der Waals surface area contributed by atoms with Crippen molar-refractivity contribution in [3.63, 3.8) is 0 Å². The Morgan fingerprint density at radius 3 is 1.43 bits per heavy atom. The van der Waals surface area contributed by atoms with Crippen molar-refractivity contribution in [1.29, 1.82) is 0 Å². The Morgan fingerprint density at radius 2 is 1.00 bits per heavy atom. The molecule has 6 heterocycles. The molecule has 2 fully saturated rings. The van der Waals surface area contributed by atoms with Gasteiger partial charge in [0, 0.05) is 58.8 Å². The Bertz CT molecular complexity index is 3270. The molecule has 376 valence electrons. The van der Waals surface area contributed by atoms with Gasteiger partial charge in [0.1, 0.15) is 11.6 Å². The van der Waals surface area contributed by atoms with Crippen LogP contribution in [0.2, 0.25) is 0 Å². The first kappa shape index (κ1) is 46.5. The van der Waals surface area contributed by atoms with Gasteiger partial charge >= 0.3 is 0 Å². The third-order valence-electron chi connectivity index (χ3n) is 16.0. The summed E-state index contributed by atoms with van der Waals surface area (Å²) in [6.45, 7) is 6.28. The molecule has 0 aliphatic heterocycles. The van der Waals surface area contributed by atoms with Gasteiger partial charge in [0.2, 0.25) is 11.9 Å². The standard InChI is InChI=1S/2C29H30FN7/c2*1-17(32-13-18-6-7-18)26-16-33-37-28(26)35-27(21-11-22(30)15-31-14-21)36-29(37)34-23-9-8-20-10-19-4-2-3-5-24(19)25(20)12-23/h2*2-5,11,14-18,23,32H,6-10,12-13H2,1H3,(H,34,35,36)/t17-,23+;17-,23-/m01/s1. The Balaban J connectivity index is 0.000000143. The van der Waals surface area contributed by atoms with E-state index in [0.717, 1.165) is 98.7 Å². The molecular weight excluding hydrogens is 931 g/mol. The van der Waals surface area contributed by atoms with Crippen LogP contribution in [0.3, 0.4) is 0 Å². The minimum Gasteiger partial charge on any atom is -0.351 e. The highest BCUT2D eigenvalue weighted by Gasteiger charge is 2.32. The Kier molecular flexibility index (Phi) is 12.3. The first-order valence-electron chi connectivity index (χ1n) is 26.6. The molecule has 14 rings (SSSR count). The van der Waals surface area contributed by atoms with Crippen LogP contribution in [0.25, 0.3) is 45.2 Å². The van der Waals surface area contributed by atoms with Crippen molar-refractivity contribution < 1.29 is 8.78 Å². The number of halogens is 2. The summed E-state index contributed by atoms with van der Waals surface area (Å²) in [6.07, 6.45) is 22.8. The fourth-order valence-corrected chi connectivity index (χ4v) is 11.4. The minimum absolute atomic E-state index is 0.0942. The smallest absolute Gasteiger partial charge is 0.228 e. The molecule has 14 nitrogen and oxygen atoms in total. The number of hydrogen-bond donors (Lipinski definition) is 4. The predicted octanol–water partition coefficient (Wildman–Crippen LogP) is 10.7. The van der Waals surface area contributed by atoms with E-state index in [1.807, 2.05) is 12.4 Å². The van der Waals surface area contributed by atoms with Crippen LogP contribution in [0.15, 0.2) is 109 Å². The number of benzene rings is 2. The largest absolute Gasteiger partial charge is 0.351 e. The van der Waals surface area contributed by atoms with Crippen molar-refractivity contribution in [1.82, 2.24) is 59.8 Å². The summed E-state index contributed by atoms with van der Waals surface area (Å²) in [5.41, 5.74) is 16.3. The van der Waals surface area contributed by atoms with Crippen molar-refractivity contribution in [3.05, 3.63) is 154 Å². The monoisotopic (exact) mass is 991 g/mol. The second-order valence-electron chi connectivity index (χ2n) is 21.3. The summed E-state index contributed by atoms with van der Waals surface area (Å²) in [5.74, 6) is 2.88. The van der Waals surface area contributed by atoms with E-state index in [9.17, 15) is 8.78 Å². The normalized spacial score (nSPS) is 19.7. The van der Waals surface area contributed by atoms with Crippen LogP contribution in [-0.4, -0.2) is 74.3 Å². The van der Waals surface area contributed by atoms with Gasteiger partial charge in [0.25, 0.3) is 0 Å². The van der Waals surface area contributed by atoms with E-state index in [-0.39, 0.29) is 24.2 Å². The lowest BCUT2D eigenvalue weighted by atomic mass is 9.88. The van der Waals surface area contributed by atoms with Gasteiger partial charge < -0.3 is 21.3 Å². The zero-order valence-electron chi connectivity index (χ0n) is 41.8. The molecule has 74 heavy (non-hydrogen) atoms. The highest BCUT2D eigenvalue weighted by Crippen LogP contribution is 2.44. The number of pyridine rings is 2. The lowest BCUT2D eigenvalue weighted by Crippen LogP contribution is -2.26. The summed E-state index contributed by atoms with van der Waals surface area (Å²) in [4.78, 5) is 27.4. The summed E-state index contributed by atoms with van der Waals surface area (Å²) in [6, 6.07) is 21.0. The number of fused-ring (bicyclic) bond motifs is 6. The molecule has 16 heteroatoms. The summed E-state index contributed by atoms with van der Waals surface area (Å²) < 4.78 is 31.7. The first-order chi connectivity index (χ1) is 36.2. The van der Waals surface area contributed by atoms with Crippen LogP contribution in [0.1, 0.15) is 124 Å². The Morgan fingerprint density at radius 1 is 0.554 bits per heavy atom. The average Bonchev–Trinajstić information content (AvgIpc) is 4.26. The lowest BCUT2D eigenvalue weighted by molar-refractivity contribution is 0.550.